The van der Waals surface area contributed by atoms with Crippen LogP contribution < -0.4 is 10.1 Å². The lowest BCUT2D eigenvalue weighted by Crippen LogP contribution is -2.30. The number of rotatable bonds is 8. The molecular formula is C21H22FN3O3S. The maximum atomic E-state index is 13.0. The van der Waals surface area contributed by atoms with Crippen molar-refractivity contribution in [1.82, 2.24) is 15.5 Å². The van der Waals surface area contributed by atoms with Crippen LogP contribution in [-0.4, -0.2) is 21.4 Å². The number of hydrogen-bond acceptors (Lipinski definition) is 6. The predicted molar refractivity (Wildman–Crippen MR) is 108 cm³/mol. The second-order valence-electron chi connectivity index (χ2n) is 6.58. The van der Waals surface area contributed by atoms with E-state index in [2.05, 4.69) is 15.5 Å². The van der Waals surface area contributed by atoms with Gasteiger partial charge in [0.15, 0.2) is 6.10 Å². The number of nitrogens with one attached hydrogen (secondary N) is 1. The van der Waals surface area contributed by atoms with E-state index in [1.165, 1.54) is 41.6 Å². The van der Waals surface area contributed by atoms with Crippen molar-refractivity contribution < 1.29 is 18.3 Å². The fourth-order valence-electron chi connectivity index (χ4n) is 2.44. The SMILES string of the molecule is Cc1ccc(CNC(=O)[C@@H](C)Sc2nnc([C@H](C)Oc3ccc(F)cc3)o2)cc1. The van der Waals surface area contributed by atoms with E-state index in [9.17, 15) is 9.18 Å². The zero-order chi connectivity index (χ0) is 20.8. The highest BCUT2D eigenvalue weighted by Gasteiger charge is 2.21. The van der Waals surface area contributed by atoms with Gasteiger partial charge in [0.25, 0.3) is 11.1 Å². The van der Waals surface area contributed by atoms with Gasteiger partial charge in [0.1, 0.15) is 11.6 Å². The van der Waals surface area contributed by atoms with Gasteiger partial charge in [-0.25, -0.2) is 4.39 Å². The molecular weight excluding hydrogens is 393 g/mol. The minimum atomic E-state index is -0.506. The van der Waals surface area contributed by atoms with Crippen LogP contribution in [0.1, 0.15) is 37.0 Å². The van der Waals surface area contributed by atoms with Gasteiger partial charge in [-0.05, 0) is 50.6 Å². The molecule has 29 heavy (non-hydrogen) atoms. The molecule has 0 fully saturated rings. The standard InChI is InChI=1S/C21H22FN3O3S/c1-13-4-6-16(7-5-13)12-23-19(26)15(3)29-21-25-24-20(28-21)14(2)27-18-10-8-17(22)9-11-18/h4-11,14-15H,12H2,1-3H3,(H,23,26)/t14-,15+/m0/s1. The Kier molecular flexibility index (Phi) is 6.87. The molecule has 0 saturated carbocycles. The summed E-state index contributed by atoms with van der Waals surface area (Å²) in [7, 11) is 0. The summed E-state index contributed by atoms with van der Waals surface area (Å²) in [5.74, 6) is 0.321. The van der Waals surface area contributed by atoms with E-state index < -0.39 is 11.4 Å². The van der Waals surface area contributed by atoms with Gasteiger partial charge < -0.3 is 14.5 Å². The van der Waals surface area contributed by atoms with Crippen molar-refractivity contribution in [3.05, 3.63) is 71.4 Å². The van der Waals surface area contributed by atoms with Crippen LogP contribution in [0.25, 0.3) is 0 Å². The average Bonchev–Trinajstić information content (AvgIpc) is 3.17. The maximum Gasteiger partial charge on any atom is 0.277 e. The van der Waals surface area contributed by atoms with E-state index in [0.717, 1.165) is 5.56 Å². The zero-order valence-electron chi connectivity index (χ0n) is 16.4. The molecule has 2 atom stereocenters. The van der Waals surface area contributed by atoms with Gasteiger partial charge in [-0.3, -0.25) is 4.79 Å². The summed E-state index contributed by atoms with van der Waals surface area (Å²) < 4.78 is 24.2. The Hall–Kier alpha value is -2.87. The Morgan fingerprint density at radius 1 is 1.14 bits per heavy atom. The van der Waals surface area contributed by atoms with Crippen LogP contribution in [-0.2, 0) is 11.3 Å². The molecule has 2 aromatic carbocycles. The summed E-state index contributed by atoms with van der Waals surface area (Å²) in [4.78, 5) is 12.3. The van der Waals surface area contributed by atoms with Crippen molar-refractivity contribution in [2.75, 3.05) is 0 Å². The highest BCUT2D eigenvalue weighted by atomic mass is 32.2. The number of aryl methyl sites for hydroxylation is 1. The molecule has 8 heteroatoms. The number of aromatic nitrogens is 2. The maximum absolute atomic E-state index is 13.0. The third kappa shape index (κ3) is 6.05. The van der Waals surface area contributed by atoms with E-state index in [1.807, 2.05) is 31.2 Å². The van der Waals surface area contributed by atoms with Crippen LogP contribution in [0.4, 0.5) is 4.39 Å². The van der Waals surface area contributed by atoms with Gasteiger partial charge in [-0.2, -0.15) is 0 Å². The summed E-state index contributed by atoms with van der Waals surface area (Å²) >= 11 is 1.18. The average molecular weight is 415 g/mol. The number of hydrogen-bond donors (Lipinski definition) is 1. The molecule has 6 nitrogen and oxygen atoms in total. The van der Waals surface area contributed by atoms with Crippen molar-refractivity contribution >= 4 is 17.7 Å². The first-order valence-electron chi connectivity index (χ1n) is 9.16. The normalized spacial score (nSPS) is 13.0. The number of thioether (sulfide) groups is 1. The molecule has 0 unspecified atom stereocenters. The largest absolute Gasteiger partial charge is 0.481 e. The smallest absolute Gasteiger partial charge is 0.277 e. The van der Waals surface area contributed by atoms with Crippen LogP contribution >= 0.6 is 11.8 Å². The molecule has 0 saturated heterocycles. The summed E-state index contributed by atoms with van der Waals surface area (Å²) in [5.41, 5.74) is 2.21. The molecule has 0 bridgehead atoms. The summed E-state index contributed by atoms with van der Waals surface area (Å²) in [6.45, 7) is 6.01. The number of benzene rings is 2. The van der Waals surface area contributed by atoms with Gasteiger partial charge in [-0.1, -0.05) is 41.6 Å². The van der Waals surface area contributed by atoms with Gasteiger partial charge >= 0.3 is 0 Å². The minimum Gasteiger partial charge on any atom is -0.481 e. The summed E-state index contributed by atoms with van der Waals surface area (Å²) in [5, 5.41) is 10.7. The van der Waals surface area contributed by atoms with E-state index in [4.69, 9.17) is 9.15 Å². The van der Waals surface area contributed by atoms with Gasteiger partial charge in [0.05, 0.1) is 5.25 Å². The Morgan fingerprint density at radius 2 is 1.83 bits per heavy atom. The van der Waals surface area contributed by atoms with Crippen LogP contribution in [0.5, 0.6) is 5.75 Å². The predicted octanol–water partition coefficient (Wildman–Crippen LogP) is 4.45. The lowest BCUT2D eigenvalue weighted by molar-refractivity contribution is -0.120. The first-order valence-corrected chi connectivity index (χ1v) is 10.0. The van der Waals surface area contributed by atoms with E-state index in [-0.39, 0.29) is 22.8 Å². The third-order valence-electron chi connectivity index (χ3n) is 4.13. The lowest BCUT2D eigenvalue weighted by Gasteiger charge is -2.11. The van der Waals surface area contributed by atoms with E-state index in [1.54, 1.807) is 13.8 Å². The molecule has 0 aliphatic heterocycles. The molecule has 1 heterocycles. The Labute approximate surface area is 172 Å². The number of carbonyl (C=O) groups excluding carboxylic acids is 1. The number of ether oxygens (including phenoxy) is 1. The van der Waals surface area contributed by atoms with Crippen molar-refractivity contribution in [3.8, 4) is 5.75 Å². The second kappa shape index (κ2) is 9.56. The van der Waals surface area contributed by atoms with E-state index in [0.29, 0.717) is 12.3 Å². The van der Waals surface area contributed by atoms with Crippen LogP contribution in [0.15, 0.2) is 58.2 Å². The molecule has 0 aliphatic carbocycles. The first kappa shape index (κ1) is 20.9. The highest BCUT2D eigenvalue weighted by molar-refractivity contribution is 8.00. The fraction of sp³-hybridized carbons (Fsp3) is 0.286. The third-order valence-corrected chi connectivity index (χ3v) is 5.06. The first-order chi connectivity index (χ1) is 13.9. The Balaban J connectivity index is 1.50. The van der Waals surface area contributed by atoms with Crippen LogP contribution in [0, 0.1) is 12.7 Å². The zero-order valence-corrected chi connectivity index (χ0v) is 17.2. The van der Waals surface area contributed by atoms with Gasteiger partial charge in [-0.15, -0.1) is 10.2 Å². The van der Waals surface area contributed by atoms with Crippen LogP contribution in [0.2, 0.25) is 0 Å². The number of halogens is 1. The van der Waals surface area contributed by atoms with Gasteiger partial charge in [0, 0.05) is 6.54 Å². The molecule has 0 spiro atoms. The molecule has 3 aromatic rings. The Morgan fingerprint density at radius 3 is 2.52 bits per heavy atom. The quantitative estimate of drug-likeness (QED) is 0.548. The summed E-state index contributed by atoms with van der Waals surface area (Å²) in [6, 6.07) is 13.7. The fourth-order valence-corrected chi connectivity index (χ4v) is 3.16. The van der Waals surface area contributed by atoms with Crippen LogP contribution in [0.3, 0.4) is 0 Å². The topological polar surface area (TPSA) is 77.2 Å². The summed E-state index contributed by atoms with van der Waals surface area (Å²) in [6.07, 6.45) is -0.506. The molecule has 3 rings (SSSR count). The number of nitrogens with zero attached hydrogens (tertiary/aromatic N) is 2. The Bertz CT molecular complexity index is 945. The van der Waals surface area contributed by atoms with Gasteiger partial charge in [0.2, 0.25) is 5.91 Å². The molecule has 1 aromatic heterocycles. The second-order valence-corrected chi connectivity index (χ2v) is 7.88. The minimum absolute atomic E-state index is 0.120. The molecule has 1 N–H and O–H groups in total. The van der Waals surface area contributed by atoms with Crippen molar-refractivity contribution in [2.24, 2.45) is 0 Å². The number of carbonyl (C=O) groups is 1. The monoisotopic (exact) mass is 415 g/mol. The van der Waals surface area contributed by atoms with Crippen molar-refractivity contribution in [3.63, 3.8) is 0 Å². The molecule has 0 aliphatic rings. The molecule has 152 valence electrons. The number of amides is 1. The highest BCUT2D eigenvalue weighted by Crippen LogP contribution is 2.26. The lowest BCUT2D eigenvalue weighted by atomic mass is 10.1. The van der Waals surface area contributed by atoms with Crippen molar-refractivity contribution in [1.29, 1.82) is 0 Å². The van der Waals surface area contributed by atoms with E-state index >= 15 is 0 Å². The molecule has 1 amide bonds. The molecule has 0 radical (unpaired) electrons. The van der Waals surface area contributed by atoms with Crippen molar-refractivity contribution in [2.45, 2.75) is 43.9 Å².